The summed E-state index contributed by atoms with van der Waals surface area (Å²) < 4.78 is 15.3. The Morgan fingerprint density at radius 3 is 2.72 bits per heavy atom. The van der Waals surface area contributed by atoms with Crippen LogP contribution in [0.25, 0.3) is 10.2 Å². The first kappa shape index (κ1) is 16.7. The lowest BCUT2D eigenvalue weighted by Gasteiger charge is -2.31. The van der Waals surface area contributed by atoms with Crippen LogP contribution in [0.5, 0.6) is 0 Å². The molecular formula is C19H16BrFN2OS. The summed E-state index contributed by atoms with van der Waals surface area (Å²) in [6, 6.07) is 12.4. The summed E-state index contributed by atoms with van der Waals surface area (Å²) in [5.41, 5.74) is 1.43. The summed E-state index contributed by atoms with van der Waals surface area (Å²) in [5.74, 6) is -0.123. The van der Waals surface area contributed by atoms with Crippen molar-refractivity contribution in [2.24, 2.45) is 0 Å². The molecule has 0 aliphatic carbocycles. The minimum absolute atomic E-state index is 0.117. The number of likely N-dealkylation sites (tertiary alicyclic amines) is 1. The van der Waals surface area contributed by atoms with E-state index in [2.05, 4.69) is 22.0 Å². The maximum absolute atomic E-state index is 13.5. The van der Waals surface area contributed by atoms with Gasteiger partial charge in [0.15, 0.2) is 0 Å². The number of aromatic nitrogens is 1. The quantitative estimate of drug-likeness (QED) is 0.571. The minimum atomic E-state index is -0.393. The molecule has 1 amide bonds. The zero-order valence-electron chi connectivity index (χ0n) is 13.4. The zero-order chi connectivity index (χ0) is 17.4. The summed E-state index contributed by atoms with van der Waals surface area (Å²) >= 11 is 5.09. The van der Waals surface area contributed by atoms with Crippen molar-refractivity contribution in [1.29, 1.82) is 0 Å². The van der Waals surface area contributed by atoms with Crippen LogP contribution in [0, 0.1) is 5.82 Å². The summed E-state index contributed by atoms with van der Waals surface area (Å²) in [7, 11) is 0. The topological polar surface area (TPSA) is 33.2 Å². The molecule has 128 valence electrons. The van der Waals surface area contributed by atoms with Gasteiger partial charge >= 0.3 is 0 Å². The number of thiazole rings is 1. The second-order valence-corrected chi connectivity index (χ2v) is 8.13. The van der Waals surface area contributed by atoms with Gasteiger partial charge in [0.05, 0.1) is 20.8 Å². The van der Waals surface area contributed by atoms with Crippen molar-refractivity contribution in [2.45, 2.75) is 18.8 Å². The van der Waals surface area contributed by atoms with Gasteiger partial charge in [-0.25, -0.2) is 9.37 Å². The first-order valence-corrected chi connectivity index (χ1v) is 9.82. The lowest BCUT2D eigenvalue weighted by atomic mass is 9.97. The molecule has 6 heteroatoms. The highest BCUT2D eigenvalue weighted by Crippen LogP contribution is 2.34. The largest absolute Gasteiger partial charge is 0.339 e. The lowest BCUT2D eigenvalue weighted by molar-refractivity contribution is 0.0711. The smallest absolute Gasteiger partial charge is 0.255 e. The Hall–Kier alpha value is -1.79. The monoisotopic (exact) mass is 418 g/mol. The predicted octanol–water partition coefficient (Wildman–Crippen LogP) is 5.22. The van der Waals surface area contributed by atoms with Crippen molar-refractivity contribution >= 4 is 43.4 Å². The highest BCUT2D eigenvalue weighted by molar-refractivity contribution is 9.10. The van der Waals surface area contributed by atoms with Crippen molar-refractivity contribution in [2.75, 3.05) is 13.1 Å². The van der Waals surface area contributed by atoms with E-state index >= 15 is 0 Å². The van der Waals surface area contributed by atoms with Crippen LogP contribution in [0.1, 0.15) is 34.1 Å². The van der Waals surface area contributed by atoms with Gasteiger partial charge < -0.3 is 4.90 Å². The van der Waals surface area contributed by atoms with E-state index in [0.29, 0.717) is 29.0 Å². The van der Waals surface area contributed by atoms with Gasteiger partial charge in [0.25, 0.3) is 5.91 Å². The van der Waals surface area contributed by atoms with Crippen LogP contribution in [0.15, 0.2) is 46.9 Å². The van der Waals surface area contributed by atoms with Crippen molar-refractivity contribution < 1.29 is 9.18 Å². The maximum atomic E-state index is 13.5. The number of halogens is 2. The fourth-order valence-corrected chi connectivity index (χ4v) is 4.78. The zero-order valence-corrected chi connectivity index (χ0v) is 15.8. The van der Waals surface area contributed by atoms with Crippen LogP contribution in [0.2, 0.25) is 0 Å². The Kier molecular flexibility index (Phi) is 4.56. The molecule has 4 rings (SSSR count). The number of para-hydroxylation sites is 1. The Morgan fingerprint density at radius 1 is 1.20 bits per heavy atom. The molecule has 0 atom stereocenters. The third kappa shape index (κ3) is 3.33. The van der Waals surface area contributed by atoms with Crippen LogP contribution in [0.3, 0.4) is 0 Å². The second kappa shape index (κ2) is 6.84. The van der Waals surface area contributed by atoms with Crippen molar-refractivity contribution in [3.63, 3.8) is 0 Å². The van der Waals surface area contributed by atoms with Crippen molar-refractivity contribution in [3.05, 3.63) is 63.3 Å². The highest BCUT2D eigenvalue weighted by Gasteiger charge is 2.27. The molecule has 0 radical (unpaired) electrons. The molecule has 0 N–H and O–H groups in total. The Labute approximate surface area is 157 Å². The van der Waals surface area contributed by atoms with Crippen LogP contribution < -0.4 is 0 Å². The molecule has 1 aliphatic heterocycles. The van der Waals surface area contributed by atoms with Gasteiger partial charge in [-0.2, -0.15) is 0 Å². The predicted molar refractivity (Wildman–Crippen MR) is 102 cm³/mol. The lowest BCUT2D eigenvalue weighted by Crippen LogP contribution is -2.38. The molecule has 25 heavy (non-hydrogen) atoms. The number of rotatable bonds is 2. The molecular weight excluding hydrogens is 403 g/mol. The second-order valence-electron chi connectivity index (χ2n) is 6.21. The third-order valence-corrected chi connectivity index (χ3v) is 6.49. The number of hydrogen-bond donors (Lipinski definition) is 0. The van der Waals surface area contributed by atoms with E-state index in [4.69, 9.17) is 4.98 Å². The maximum Gasteiger partial charge on any atom is 0.255 e. The van der Waals surface area contributed by atoms with E-state index < -0.39 is 5.82 Å². The SMILES string of the molecule is O=C(c1cc(F)ccc1Br)N1CCC(c2nc3ccccc3s2)CC1. The Morgan fingerprint density at radius 2 is 1.96 bits per heavy atom. The summed E-state index contributed by atoms with van der Waals surface area (Å²) in [4.78, 5) is 19.2. The molecule has 2 aromatic carbocycles. The first-order valence-electron chi connectivity index (χ1n) is 8.21. The fraction of sp³-hybridized carbons (Fsp3) is 0.263. The number of piperidine rings is 1. The van der Waals surface area contributed by atoms with E-state index in [1.54, 1.807) is 17.4 Å². The third-order valence-electron chi connectivity index (χ3n) is 4.60. The molecule has 1 aliphatic rings. The van der Waals surface area contributed by atoms with E-state index in [1.165, 1.54) is 16.8 Å². The molecule has 0 saturated carbocycles. The van der Waals surface area contributed by atoms with E-state index in [9.17, 15) is 9.18 Å². The van der Waals surface area contributed by atoms with Gasteiger partial charge in [0.2, 0.25) is 0 Å². The van der Waals surface area contributed by atoms with Crippen LogP contribution in [-0.4, -0.2) is 28.9 Å². The molecule has 0 unspecified atom stereocenters. The average molecular weight is 419 g/mol. The van der Waals surface area contributed by atoms with Crippen molar-refractivity contribution in [1.82, 2.24) is 9.88 Å². The number of benzene rings is 2. The van der Waals surface area contributed by atoms with E-state index in [0.717, 1.165) is 23.4 Å². The van der Waals surface area contributed by atoms with E-state index in [1.807, 2.05) is 23.1 Å². The molecule has 3 aromatic rings. The van der Waals surface area contributed by atoms with Crippen molar-refractivity contribution in [3.8, 4) is 0 Å². The molecule has 1 fully saturated rings. The summed E-state index contributed by atoms with van der Waals surface area (Å²) in [6.45, 7) is 1.34. The van der Waals surface area contributed by atoms with Gasteiger partial charge in [-0.1, -0.05) is 12.1 Å². The molecule has 1 saturated heterocycles. The van der Waals surface area contributed by atoms with Crippen LogP contribution >= 0.6 is 27.3 Å². The number of fused-ring (bicyclic) bond motifs is 1. The van der Waals surface area contributed by atoms with Gasteiger partial charge in [-0.3, -0.25) is 4.79 Å². The van der Waals surface area contributed by atoms with Gasteiger partial charge in [0, 0.05) is 23.5 Å². The highest BCUT2D eigenvalue weighted by atomic mass is 79.9. The number of carbonyl (C=O) groups is 1. The molecule has 2 heterocycles. The average Bonchev–Trinajstić information content (AvgIpc) is 3.07. The van der Waals surface area contributed by atoms with Gasteiger partial charge in [-0.15, -0.1) is 11.3 Å². The summed E-state index contributed by atoms with van der Waals surface area (Å²) in [5, 5.41) is 1.15. The van der Waals surface area contributed by atoms with Crippen LogP contribution in [0.4, 0.5) is 4.39 Å². The first-order chi connectivity index (χ1) is 12.1. The van der Waals surface area contributed by atoms with Gasteiger partial charge in [-0.05, 0) is 59.1 Å². The number of carbonyl (C=O) groups excluding carboxylic acids is 1. The normalized spacial score (nSPS) is 15.7. The Bertz CT molecular complexity index is 901. The standard InChI is InChI=1S/C19H16BrFN2OS/c20-15-6-5-13(21)11-14(15)19(24)23-9-7-12(8-10-23)18-22-16-3-1-2-4-17(16)25-18/h1-6,11-12H,7-10H2. The molecule has 3 nitrogen and oxygen atoms in total. The molecule has 0 bridgehead atoms. The van der Waals surface area contributed by atoms with E-state index in [-0.39, 0.29) is 5.91 Å². The Balaban J connectivity index is 1.47. The minimum Gasteiger partial charge on any atom is -0.339 e. The van der Waals surface area contributed by atoms with Crippen LogP contribution in [-0.2, 0) is 0 Å². The molecule has 0 spiro atoms. The van der Waals surface area contributed by atoms with Gasteiger partial charge in [0.1, 0.15) is 5.82 Å². The molecule has 1 aromatic heterocycles. The number of nitrogens with zero attached hydrogens (tertiary/aromatic N) is 2. The number of hydrogen-bond acceptors (Lipinski definition) is 3. The summed E-state index contributed by atoms with van der Waals surface area (Å²) in [6.07, 6.45) is 1.77. The fourth-order valence-electron chi connectivity index (χ4n) is 3.23. The number of amides is 1.